The maximum absolute atomic E-state index is 14.0. The summed E-state index contributed by atoms with van der Waals surface area (Å²) >= 11 is 4.51. The van der Waals surface area contributed by atoms with Crippen molar-refractivity contribution in [1.29, 1.82) is 0 Å². The van der Waals surface area contributed by atoms with Gasteiger partial charge in [0.05, 0.1) is 11.9 Å². The zero-order valence-electron chi connectivity index (χ0n) is 13.0. The zero-order chi connectivity index (χ0) is 18.0. The number of rotatable bonds is 4. The van der Waals surface area contributed by atoms with Crippen LogP contribution >= 0.6 is 27.7 Å². The van der Waals surface area contributed by atoms with Gasteiger partial charge in [-0.3, -0.25) is 9.36 Å². The molecule has 0 aliphatic carbocycles. The number of halogens is 3. The van der Waals surface area contributed by atoms with Crippen LogP contribution in [0.2, 0.25) is 0 Å². The van der Waals surface area contributed by atoms with E-state index in [1.807, 2.05) is 6.26 Å². The number of amides is 1. The average Bonchev–Trinajstić information content (AvgIpc) is 3.02. The molecule has 4 nitrogen and oxygen atoms in total. The maximum atomic E-state index is 14.0. The number of imidazole rings is 1. The van der Waals surface area contributed by atoms with Gasteiger partial charge in [-0.1, -0.05) is 27.7 Å². The number of nitrogens with zero attached hydrogens (tertiary/aromatic N) is 2. The number of carbonyl (C=O) groups is 1. The molecule has 0 radical (unpaired) electrons. The van der Waals surface area contributed by atoms with E-state index in [0.717, 1.165) is 0 Å². The Morgan fingerprint density at radius 1 is 1.20 bits per heavy atom. The monoisotopic (exact) mass is 423 g/mol. The molecule has 2 aromatic carbocycles. The molecule has 0 saturated heterocycles. The van der Waals surface area contributed by atoms with Crippen molar-refractivity contribution in [2.24, 2.45) is 0 Å². The first-order chi connectivity index (χ1) is 12.0. The van der Waals surface area contributed by atoms with Gasteiger partial charge in [0, 0.05) is 10.2 Å². The third-order valence-electron chi connectivity index (χ3n) is 3.41. The summed E-state index contributed by atoms with van der Waals surface area (Å²) in [5, 5.41) is 3.10. The lowest BCUT2D eigenvalue weighted by Gasteiger charge is -2.12. The summed E-state index contributed by atoms with van der Waals surface area (Å²) in [6, 6.07) is 10.1. The van der Waals surface area contributed by atoms with Crippen LogP contribution < -0.4 is 5.32 Å². The van der Waals surface area contributed by atoms with E-state index in [9.17, 15) is 13.6 Å². The van der Waals surface area contributed by atoms with E-state index in [4.69, 9.17) is 0 Å². The first kappa shape index (κ1) is 17.6. The summed E-state index contributed by atoms with van der Waals surface area (Å²) in [4.78, 5) is 16.8. The molecule has 0 bridgehead atoms. The van der Waals surface area contributed by atoms with Gasteiger partial charge < -0.3 is 5.32 Å². The highest BCUT2D eigenvalue weighted by Crippen LogP contribution is 2.24. The zero-order valence-corrected chi connectivity index (χ0v) is 15.4. The standard InChI is InChI=1S/C17H12BrF2N3OS/c1-25-17-21-9-15(23(17)12-5-3-11(19)4-6-12)16(24)22-14-7-2-10(18)8-13(14)20/h2-9H,1H3,(H,22,24). The topological polar surface area (TPSA) is 46.9 Å². The summed E-state index contributed by atoms with van der Waals surface area (Å²) in [7, 11) is 0. The molecule has 0 spiro atoms. The molecule has 0 saturated carbocycles. The van der Waals surface area contributed by atoms with Gasteiger partial charge in [0.1, 0.15) is 17.3 Å². The number of thioether (sulfide) groups is 1. The quantitative estimate of drug-likeness (QED) is 0.607. The Balaban J connectivity index is 1.98. The Morgan fingerprint density at radius 2 is 1.92 bits per heavy atom. The summed E-state index contributed by atoms with van der Waals surface area (Å²) in [6.45, 7) is 0. The predicted molar refractivity (Wildman–Crippen MR) is 97.4 cm³/mol. The molecule has 3 rings (SSSR count). The molecule has 25 heavy (non-hydrogen) atoms. The average molecular weight is 424 g/mol. The first-order valence-electron chi connectivity index (χ1n) is 7.13. The van der Waals surface area contributed by atoms with Crippen molar-refractivity contribution >= 4 is 39.3 Å². The Labute approximate surface area is 155 Å². The fourth-order valence-electron chi connectivity index (χ4n) is 2.26. The van der Waals surface area contributed by atoms with E-state index in [2.05, 4.69) is 26.2 Å². The summed E-state index contributed by atoms with van der Waals surface area (Å²) in [5.41, 5.74) is 0.869. The van der Waals surface area contributed by atoms with Gasteiger partial charge in [0.25, 0.3) is 5.91 Å². The SMILES string of the molecule is CSc1ncc(C(=O)Nc2ccc(Br)cc2F)n1-c1ccc(F)cc1. The molecule has 3 aromatic rings. The normalized spacial score (nSPS) is 10.7. The number of aromatic nitrogens is 2. The second kappa shape index (κ2) is 7.37. The minimum absolute atomic E-state index is 0.0609. The van der Waals surface area contributed by atoms with Crippen LogP contribution in [0.5, 0.6) is 0 Å². The number of nitrogens with one attached hydrogen (secondary N) is 1. The fraction of sp³-hybridized carbons (Fsp3) is 0.0588. The van der Waals surface area contributed by atoms with E-state index >= 15 is 0 Å². The van der Waals surface area contributed by atoms with Crippen LogP contribution in [-0.4, -0.2) is 21.7 Å². The molecular formula is C17H12BrF2N3OS. The highest BCUT2D eigenvalue weighted by Gasteiger charge is 2.19. The van der Waals surface area contributed by atoms with Crippen molar-refractivity contribution in [3.63, 3.8) is 0 Å². The molecule has 0 aliphatic rings. The highest BCUT2D eigenvalue weighted by molar-refractivity contribution is 9.10. The molecule has 0 atom stereocenters. The van der Waals surface area contributed by atoms with Gasteiger partial charge in [0.15, 0.2) is 5.16 Å². The Bertz CT molecular complexity index is 928. The van der Waals surface area contributed by atoms with Crippen LogP contribution in [0.15, 0.2) is 58.3 Å². The van der Waals surface area contributed by atoms with Gasteiger partial charge in [-0.05, 0) is 48.7 Å². The second-order valence-electron chi connectivity index (χ2n) is 5.02. The number of anilines is 1. The molecule has 1 N–H and O–H groups in total. The van der Waals surface area contributed by atoms with E-state index in [-0.39, 0.29) is 17.2 Å². The Morgan fingerprint density at radius 3 is 2.56 bits per heavy atom. The van der Waals surface area contributed by atoms with E-state index in [0.29, 0.717) is 15.3 Å². The lowest BCUT2D eigenvalue weighted by molar-refractivity contribution is 0.101. The fourth-order valence-corrected chi connectivity index (χ4v) is 3.13. The van der Waals surface area contributed by atoms with Gasteiger partial charge >= 0.3 is 0 Å². The van der Waals surface area contributed by atoms with Crippen molar-refractivity contribution in [2.45, 2.75) is 5.16 Å². The Kier molecular flexibility index (Phi) is 5.19. The molecule has 1 aromatic heterocycles. The van der Waals surface area contributed by atoms with Gasteiger partial charge in [-0.2, -0.15) is 0 Å². The van der Waals surface area contributed by atoms with Crippen LogP contribution in [0, 0.1) is 11.6 Å². The first-order valence-corrected chi connectivity index (χ1v) is 9.15. The molecule has 1 heterocycles. The lowest BCUT2D eigenvalue weighted by atomic mass is 10.2. The second-order valence-corrected chi connectivity index (χ2v) is 6.71. The number of hydrogen-bond acceptors (Lipinski definition) is 3. The minimum Gasteiger partial charge on any atom is -0.318 e. The van der Waals surface area contributed by atoms with Crippen LogP contribution in [0.3, 0.4) is 0 Å². The van der Waals surface area contributed by atoms with E-state index in [1.165, 1.54) is 42.2 Å². The van der Waals surface area contributed by atoms with Gasteiger partial charge in [-0.25, -0.2) is 13.8 Å². The minimum atomic E-state index is -0.555. The van der Waals surface area contributed by atoms with Gasteiger partial charge in [0.2, 0.25) is 0 Å². The van der Waals surface area contributed by atoms with Crippen molar-refractivity contribution in [2.75, 3.05) is 11.6 Å². The third-order valence-corrected chi connectivity index (χ3v) is 4.56. The van der Waals surface area contributed by atoms with Crippen LogP contribution in [0.1, 0.15) is 10.5 Å². The molecule has 1 amide bonds. The van der Waals surface area contributed by atoms with Crippen molar-refractivity contribution < 1.29 is 13.6 Å². The van der Waals surface area contributed by atoms with Crippen molar-refractivity contribution in [1.82, 2.24) is 9.55 Å². The third kappa shape index (κ3) is 3.74. The van der Waals surface area contributed by atoms with Crippen molar-refractivity contribution in [3.8, 4) is 5.69 Å². The number of hydrogen-bond donors (Lipinski definition) is 1. The molecule has 128 valence electrons. The van der Waals surface area contributed by atoms with Crippen molar-refractivity contribution in [3.05, 3.63) is 70.5 Å². The molecule has 8 heteroatoms. The molecule has 0 fully saturated rings. The summed E-state index contributed by atoms with van der Waals surface area (Å²) < 4.78 is 29.3. The van der Waals surface area contributed by atoms with Crippen LogP contribution in [0.25, 0.3) is 5.69 Å². The number of benzene rings is 2. The van der Waals surface area contributed by atoms with Crippen LogP contribution in [-0.2, 0) is 0 Å². The predicted octanol–water partition coefficient (Wildman–Crippen LogP) is 4.89. The summed E-state index contributed by atoms with van der Waals surface area (Å²) in [6.07, 6.45) is 3.22. The number of carbonyl (C=O) groups excluding carboxylic acids is 1. The molecule has 0 unspecified atom stereocenters. The van der Waals surface area contributed by atoms with Crippen LogP contribution in [0.4, 0.5) is 14.5 Å². The lowest BCUT2D eigenvalue weighted by Crippen LogP contribution is -2.17. The molecule has 0 aliphatic heterocycles. The highest BCUT2D eigenvalue weighted by atomic mass is 79.9. The summed E-state index contributed by atoms with van der Waals surface area (Å²) in [5.74, 6) is -1.45. The van der Waals surface area contributed by atoms with Gasteiger partial charge in [-0.15, -0.1) is 0 Å². The maximum Gasteiger partial charge on any atom is 0.274 e. The van der Waals surface area contributed by atoms with E-state index < -0.39 is 11.7 Å². The van der Waals surface area contributed by atoms with E-state index in [1.54, 1.807) is 22.8 Å². The largest absolute Gasteiger partial charge is 0.318 e. The Hall–Kier alpha value is -2.19. The molecular weight excluding hydrogens is 412 g/mol. The smallest absolute Gasteiger partial charge is 0.274 e.